The van der Waals surface area contributed by atoms with E-state index in [1.165, 1.54) is 12.1 Å². The number of amides is 1. The van der Waals surface area contributed by atoms with Crippen molar-refractivity contribution >= 4 is 17.3 Å². The summed E-state index contributed by atoms with van der Waals surface area (Å²) < 4.78 is 13.5. The smallest absolute Gasteiger partial charge is 0.230 e. The highest BCUT2D eigenvalue weighted by atomic mass is 19.1. The zero-order chi connectivity index (χ0) is 13.4. The van der Waals surface area contributed by atoms with E-state index in [9.17, 15) is 9.18 Å². The van der Waals surface area contributed by atoms with E-state index in [4.69, 9.17) is 0 Å². The predicted molar refractivity (Wildman–Crippen MR) is 73.9 cm³/mol. The Balaban J connectivity index is 1.94. The number of hydrogen-bond acceptors (Lipinski definition) is 2. The summed E-state index contributed by atoms with van der Waals surface area (Å²) in [5.41, 5.74) is 1.62. The third kappa shape index (κ3) is 2.11. The first-order valence-electron chi connectivity index (χ1n) is 6.64. The van der Waals surface area contributed by atoms with Gasteiger partial charge in [0.25, 0.3) is 0 Å². The van der Waals surface area contributed by atoms with Crippen LogP contribution in [0.15, 0.2) is 30.4 Å². The van der Waals surface area contributed by atoms with Crippen LogP contribution in [0, 0.1) is 11.7 Å². The average Bonchev–Trinajstić information content (AvgIpc) is 2.92. The average molecular weight is 260 g/mol. The molecule has 0 fully saturated rings. The topological polar surface area (TPSA) is 23.6 Å². The minimum absolute atomic E-state index is 0.0273. The zero-order valence-corrected chi connectivity index (χ0v) is 11.0. The van der Waals surface area contributed by atoms with Gasteiger partial charge in [-0.1, -0.05) is 12.2 Å². The van der Waals surface area contributed by atoms with Crippen LogP contribution in [0.5, 0.6) is 0 Å². The summed E-state index contributed by atoms with van der Waals surface area (Å²) >= 11 is 0. The van der Waals surface area contributed by atoms with Gasteiger partial charge in [-0.05, 0) is 31.0 Å². The first-order valence-corrected chi connectivity index (χ1v) is 6.64. The highest BCUT2D eigenvalue weighted by molar-refractivity contribution is 5.99. The van der Waals surface area contributed by atoms with Crippen LogP contribution in [0.1, 0.15) is 12.8 Å². The summed E-state index contributed by atoms with van der Waals surface area (Å²) in [5, 5.41) is 0. The lowest BCUT2D eigenvalue weighted by Gasteiger charge is -2.36. The molecule has 100 valence electrons. The van der Waals surface area contributed by atoms with Crippen LogP contribution >= 0.6 is 0 Å². The highest BCUT2D eigenvalue weighted by Gasteiger charge is 2.30. The number of carbonyl (C=O) groups is 1. The third-order valence-electron chi connectivity index (χ3n) is 3.92. The van der Waals surface area contributed by atoms with Crippen LogP contribution in [0.3, 0.4) is 0 Å². The minimum atomic E-state index is -0.295. The van der Waals surface area contributed by atoms with Crippen molar-refractivity contribution in [1.82, 2.24) is 0 Å². The normalized spacial score (nSPS) is 18.8. The number of fused-ring (bicyclic) bond motifs is 1. The van der Waals surface area contributed by atoms with E-state index in [2.05, 4.69) is 4.90 Å². The molecule has 0 N–H and O–H groups in total. The van der Waals surface area contributed by atoms with E-state index in [0.29, 0.717) is 12.2 Å². The van der Waals surface area contributed by atoms with Gasteiger partial charge in [0, 0.05) is 26.1 Å². The van der Waals surface area contributed by atoms with Crippen LogP contribution in [-0.2, 0) is 4.79 Å². The second-order valence-corrected chi connectivity index (χ2v) is 5.18. The molecule has 0 saturated heterocycles. The minimum Gasteiger partial charge on any atom is -0.371 e. The Bertz CT molecular complexity index is 533. The number of likely N-dealkylation sites (N-methyl/N-ethyl adjacent to an activating group) is 1. The van der Waals surface area contributed by atoms with Gasteiger partial charge >= 0.3 is 0 Å². The molecule has 3 rings (SSSR count). The quantitative estimate of drug-likeness (QED) is 0.725. The van der Waals surface area contributed by atoms with Crippen LogP contribution in [0.25, 0.3) is 0 Å². The van der Waals surface area contributed by atoms with Crippen molar-refractivity contribution in [2.45, 2.75) is 12.8 Å². The predicted octanol–water partition coefficient (Wildman–Crippen LogP) is 2.57. The summed E-state index contributed by atoms with van der Waals surface area (Å²) in [6, 6.07) is 4.66. The standard InChI is InChI=1S/C15H17FN2O/c1-17-8-9-18(15(19)11-4-2-3-5-11)14-10-12(16)6-7-13(14)17/h2-3,6-7,10-11H,4-5,8-9H2,1H3. The number of rotatable bonds is 1. The summed E-state index contributed by atoms with van der Waals surface area (Å²) in [4.78, 5) is 16.3. The van der Waals surface area contributed by atoms with Crippen molar-refractivity contribution in [2.75, 3.05) is 29.9 Å². The first kappa shape index (κ1) is 12.2. The van der Waals surface area contributed by atoms with Crippen molar-refractivity contribution in [2.24, 2.45) is 5.92 Å². The molecular formula is C15H17FN2O. The fraction of sp³-hybridized carbons (Fsp3) is 0.400. The van der Waals surface area contributed by atoms with Gasteiger partial charge in [-0.25, -0.2) is 4.39 Å². The van der Waals surface area contributed by atoms with Crippen molar-refractivity contribution in [3.8, 4) is 0 Å². The van der Waals surface area contributed by atoms with Gasteiger partial charge in [0.2, 0.25) is 5.91 Å². The van der Waals surface area contributed by atoms with Crippen LogP contribution in [0.4, 0.5) is 15.8 Å². The molecule has 2 aliphatic rings. The van der Waals surface area contributed by atoms with Gasteiger partial charge < -0.3 is 9.80 Å². The molecular weight excluding hydrogens is 243 g/mol. The molecule has 0 bridgehead atoms. The Hall–Kier alpha value is -1.84. The van der Waals surface area contributed by atoms with Gasteiger partial charge in [-0.15, -0.1) is 0 Å². The van der Waals surface area contributed by atoms with Gasteiger partial charge in [-0.3, -0.25) is 4.79 Å². The maximum atomic E-state index is 13.5. The summed E-state index contributed by atoms with van der Waals surface area (Å²) in [7, 11) is 1.97. The van der Waals surface area contributed by atoms with Crippen molar-refractivity contribution < 1.29 is 9.18 Å². The second-order valence-electron chi connectivity index (χ2n) is 5.18. The van der Waals surface area contributed by atoms with Crippen LogP contribution in [-0.4, -0.2) is 26.0 Å². The van der Waals surface area contributed by atoms with Crippen molar-refractivity contribution in [3.63, 3.8) is 0 Å². The molecule has 19 heavy (non-hydrogen) atoms. The molecule has 0 spiro atoms. The second kappa shape index (κ2) is 4.68. The third-order valence-corrected chi connectivity index (χ3v) is 3.92. The van der Waals surface area contributed by atoms with E-state index in [-0.39, 0.29) is 17.6 Å². The molecule has 1 aliphatic heterocycles. The zero-order valence-electron chi connectivity index (χ0n) is 11.0. The molecule has 0 atom stereocenters. The largest absolute Gasteiger partial charge is 0.371 e. The number of carbonyl (C=O) groups excluding carboxylic acids is 1. The first-order chi connectivity index (χ1) is 9.16. The number of benzene rings is 1. The highest BCUT2D eigenvalue weighted by Crippen LogP contribution is 2.35. The van der Waals surface area contributed by atoms with E-state index in [1.807, 2.05) is 19.2 Å². The Kier molecular flexibility index (Phi) is 3.01. The molecule has 0 unspecified atom stereocenters. The van der Waals surface area contributed by atoms with E-state index in [1.54, 1.807) is 11.0 Å². The van der Waals surface area contributed by atoms with Gasteiger partial charge in [0.1, 0.15) is 5.82 Å². The number of anilines is 2. The number of nitrogens with zero attached hydrogens (tertiary/aromatic N) is 2. The Morgan fingerprint density at radius 3 is 2.68 bits per heavy atom. The van der Waals surface area contributed by atoms with E-state index >= 15 is 0 Å². The van der Waals surface area contributed by atoms with Crippen molar-refractivity contribution in [1.29, 1.82) is 0 Å². The SMILES string of the molecule is CN1CCN(C(=O)C2CC=CC2)c2cc(F)ccc21. The molecule has 1 amide bonds. The molecule has 3 nitrogen and oxygen atoms in total. The lowest BCUT2D eigenvalue weighted by molar-refractivity contribution is -0.122. The van der Waals surface area contributed by atoms with Gasteiger partial charge in [0.05, 0.1) is 11.4 Å². The fourth-order valence-electron chi connectivity index (χ4n) is 2.79. The van der Waals surface area contributed by atoms with Crippen molar-refractivity contribution in [3.05, 3.63) is 36.2 Å². The molecule has 0 aromatic heterocycles. The number of allylic oxidation sites excluding steroid dienone is 2. The van der Waals surface area contributed by atoms with Crippen LogP contribution < -0.4 is 9.80 Å². The lowest BCUT2D eigenvalue weighted by Crippen LogP contribution is -2.44. The van der Waals surface area contributed by atoms with Crippen LogP contribution in [0.2, 0.25) is 0 Å². The molecule has 4 heteroatoms. The Labute approximate surface area is 112 Å². The lowest BCUT2D eigenvalue weighted by atomic mass is 10.0. The number of hydrogen-bond donors (Lipinski definition) is 0. The molecule has 0 radical (unpaired) electrons. The molecule has 1 aliphatic carbocycles. The monoisotopic (exact) mass is 260 g/mol. The Morgan fingerprint density at radius 1 is 1.21 bits per heavy atom. The summed E-state index contributed by atoms with van der Waals surface area (Å²) in [6.45, 7) is 1.41. The van der Waals surface area contributed by atoms with Gasteiger partial charge in [0.15, 0.2) is 0 Å². The molecule has 1 aromatic carbocycles. The van der Waals surface area contributed by atoms with Gasteiger partial charge in [-0.2, -0.15) is 0 Å². The Morgan fingerprint density at radius 2 is 1.95 bits per heavy atom. The van der Waals surface area contributed by atoms with E-state index in [0.717, 1.165) is 25.1 Å². The number of halogens is 1. The maximum absolute atomic E-state index is 13.5. The summed E-state index contributed by atoms with van der Waals surface area (Å²) in [6.07, 6.45) is 5.70. The summed E-state index contributed by atoms with van der Waals surface area (Å²) in [5.74, 6) is -0.152. The molecule has 1 aromatic rings. The fourth-order valence-corrected chi connectivity index (χ4v) is 2.79. The maximum Gasteiger partial charge on any atom is 0.230 e. The molecule has 0 saturated carbocycles. The molecule has 1 heterocycles. The van der Waals surface area contributed by atoms with E-state index < -0.39 is 0 Å².